The van der Waals surface area contributed by atoms with Crippen molar-refractivity contribution in [2.45, 2.75) is 24.1 Å². The maximum Gasteiger partial charge on any atom is 0.474 e. The fraction of sp³-hybridized carbons (Fsp3) is 0.800. The molecule has 0 fully saturated rings. The Labute approximate surface area is 86.3 Å². The molecule has 0 rings (SSSR count). The summed E-state index contributed by atoms with van der Waals surface area (Å²) in [7, 11) is 0. The van der Waals surface area contributed by atoms with Crippen molar-refractivity contribution in [3.8, 4) is 0 Å². The molecule has 2 N–H and O–H groups in total. The first-order valence-corrected chi connectivity index (χ1v) is 3.35. The molecule has 0 aliphatic carbocycles. The van der Waals surface area contributed by atoms with Gasteiger partial charge in [0.1, 0.15) is 0 Å². The summed E-state index contributed by atoms with van der Waals surface area (Å²) in [4.78, 5) is 9.70. The third-order valence-electron chi connectivity index (χ3n) is 1.34. The highest BCUT2D eigenvalue weighted by Crippen LogP contribution is 2.53. The first-order chi connectivity index (χ1) is 7.17. The zero-order valence-corrected chi connectivity index (χ0v) is 7.30. The SMILES string of the molecule is NC(=O)OC(F)(F)C(F)(F)C(F)(F)C(F)(F)F. The molecular formula is C5H2F9NO2. The fourth-order valence-electron chi connectivity index (χ4n) is 0.551. The number of nitrogens with two attached hydrogens (primary N) is 1. The van der Waals surface area contributed by atoms with Crippen LogP contribution in [0.1, 0.15) is 0 Å². The molecule has 0 unspecified atom stereocenters. The molecular weight excluding hydrogens is 277 g/mol. The minimum absolute atomic E-state index is 2.26. The molecule has 12 heteroatoms. The van der Waals surface area contributed by atoms with Crippen LogP contribution in [0.5, 0.6) is 0 Å². The summed E-state index contributed by atoms with van der Waals surface area (Å²) < 4.78 is 110. The van der Waals surface area contributed by atoms with Gasteiger partial charge in [0.05, 0.1) is 0 Å². The molecule has 0 saturated heterocycles. The first kappa shape index (κ1) is 15.6. The molecule has 0 aliphatic heterocycles. The summed E-state index contributed by atoms with van der Waals surface area (Å²) in [5.41, 5.74) is 3.83. The zero-order chi connectivity index (χ0) is 14.3. The van der Waals surface area contributed by atoms with Crippen LogP contribution in [0.4, 0.5) is 44.3 Å². The Morgan fingerprint density at radius 2 is 1.18 bits per heavy atom. The molecule has 0 radical (unpaired) electrons. The minimum Gasteiger partial charge on any atom is -0.379 e. The Morgan fingerprint density at radius 1 is 0.824 bits per heavy atom. The molecule has 0 aromatic rings. The number of carbonyl (C=O) groups excluding carboxylic acids is 1. The molecule has 102 valence electrons. The van der Waals surface area contributed by atoms with Gasteiger partial charge in [-0.25, -0.2) is 4.79 Å². The Kier molecular flexibility index (Phi) is 3.53. The minimum atomic E-state index is -7.11. The summed E-state index contributed by atoms with van der Waals surface area (Å²) >= 11 is 0. The van der Waals surface area contributed by atoms with Crippen molar-refractivity contribution in [2.75, 3.05) is 0 Å². The van der Waals surface area contributed by atoms with E-state index in [-0.39, 0.29) is 0 Å². The van der Waals surface area contributed by atoms with Crippen LogP contribution in [-0.4, -0.2) is 30.2 Å². The van der Waals surface area contributed by atoms with Crippen molar-refractivity contribution in [3.63, 3.8) is 0 Å². The molecule has 1 amide bonds. The Balaban J connectivity index is 5.47. The third-order valence-corrected chi connectivity index (χ3v) is 1.34. The molecule has 3 nitrogen and oxygen atoms in total. The molecule has 0 saturated carbocycles. The van der Waals surface area contributed by atoms with E-state index in [1.54, 1.807) is 0 Å². The maximum atomic E-state index is 12.3. The summed E-state index contributed by atoms with van der Waals surface area (Å²) in [6.45, 7) is 0. The van der Waals surface area contributed by atoms with Crippen LogP contribution >= 0.6 is 0 Å². The van der Waals surface area contributed by atoms with E-state index in [9.17, 15) is 44.3 Å². The lowest BCUT2D eigenvalue weighted by Gasteiger charge is -2.31. The van der Waals surface area contributed by atoms with E-state index in [0.717, 1.165) is 0 Å². The number of alkyl halides is 9. The van der Waals surface area contributed by atoms with Crippen LogP contribution in [0.3, 0.4) is 0 Å². The predicted octanol–water partition coefficient (Wildman–Crippen LogP) is 2.51. The lowest BCUT2D eigenvalue weighted by Crippen LogP contribution is -2.62. The van der Waals surface area contributed by atoms with Gasteiger partial charge in [-0.3, -0.25) is 0 Å². The lowest BCUT2D eigenvalue weighted by molar-refractivity contribution is -0.432. The van der Waals surface area contributed by atoms with Crippen molar-refractivity contribution in [1.29, 1.82) is 0 Å². The van der Waals surface area contributed by atoms with Gasteiger partial charge in [0.25, 0.3) is 0 Å². The van der Waals surface area contributed by atoms with Gasteiger partial charge >= 0.3 is 30.2 Å². The van der Waals surface area contributed by atoms with Crippen molar-refractivity contribution >= 4 is 6.09 Å². The zero-order valence-electron chi connectivity index (χ0n) is 7.30. The molecule has 17 heavy (non-hydrogen) atoms. The topological polar surface area (TPSA) is 52.3 Å². The summed E-state index contributed by atoms with van der Waals surface area (Å²) in [5.74, 6) is -14.1. The van der Waals surface area contributed by atoms with E-state index in [2.05, 4.69) is 10.5 Å². The average Bonchev–Trinajstić information content (AvgIpc) is 1.98. The second-order valence-corrected chi connectivity index (χ2v) is 2.58. The number of primary amides is 1. The van der Waals surface area contributed by atoms with Crippen LogP contribution in [0.25, 0.3) is 0 Å². The number of halogens is 9. The highest BCUT2D eigenvalue weighted by molar-refractivity contribution is 5.65. The predicted molar refractivity (Wildman–Crippen MR) is 31.6 cm³/mol. The van der Waals surface area contributed by atoms with Crippen LogP contribution in [0, 0.1) is 0 Å². The third kappa shape index (κ3) is 2.49. The molecule has 0 heterocycles. The lowest BCUT2D eigenvalue weighted by atomic mass is 10.1. The van der Waals surface area contributed by atoms with E-state index >= 15 is 0 Å². The van der Waals surface area contributed by atoms with Gasteiger partial charge in [-0.15, -0.1) is 0 Å². The maximum absolute atomic E-state index is 12.3. The van der Waals surface area contributed by atoms with Crippen LogP contribution < -0.4 is 5.73 Å². The Bertz CT molecular complexity index is 309. The van der Waals surface area contributed by atoms with E-state index in [1.807, 2.05) is 0 Å². The molecule has 0 bridgehead atoms. The molecule has 0 atom stereocenters. The van der Waals surface area contributed by atoms with Gasteiger partial charge in [-0.1, -0.05) is 0 Å². The van der Waals surface area contributed by atoms with E-state index in [4.69, 9.17) is 0 Å². The van der Waals surface area contributed by atoms with E-state index in [1.165, 1.54) is 0 Å². The number of hydrogen-bond donors (Lipinski definition) is 1. The van der Waals surface area contributed by atoms with Gasteiger partial charge < -0.3 is 10.5 Å². The largest absolute Gasteiger partial charge is 0.474 e. The molecule has 0 spiro atoms. The van der Waals surface area contributed by atoms with Crippen molar-refractivity contribution in [3.05, 3.63) is 0 Å². The van der Waals surface area contributed by atoms with Gasteiger partial charge in [-0.05, 0) is 0 Å². The molecule has 0 aromatic carbocycles. The average molecular weight is 279 g/mol. The highest BCUT2D eigenvalue weighted by atomic mass is 19.4. The number of amides is 1. The van der Waals surface area contributed by atoms with Crippen molar-refractivity contribution in [1.82, 2.24) is 0 Å². The van der Waals surface area contributed by atoms with E-state index in [0.29, 0.717) is 0 Å². The Hall–Kier alpha value is -1.36. The first-order valence-electron chi connectivity index (χ1n) is 3.35. The van der Waals surface area contributed by atoms with Crippen molar-refractivity contribution < 1.29 is 49.0 Å². The summed E-state index contributed by atoms with van der Waals surface area (Å²) in [5, 5.41) is 0. The smallest absolute Gasteiger partial charge is 0.379 e. The fourth-order valence-corrected chi connectivity index (χ4v) is 0.551. The second-order valence-electron chi connectivity index (χ2n) is 2.58. The van der Waals surface area contributed by atoms with Crippen molar-refractivity contribution in [2.24, 2.45) is 5.73 Å². The second kappa shape index (κ2) is 3.84. The van der Waals surface area contributed by atoms with E-state index < -0.39 is 30.2 Å². The van der Waals surface area contributed by atoms with Crippen LogP contribution in [0.2, 0.25) is 0 Å². The Morgan fingerprint density at radius 3 is 1.41 bits per heavy atom. The summed E-state index contributed by atoms with van der Waals surface area (Å²) in [6.07, 6.45) is -16.0. The number of hydrogen-bond acceptors (Lipinski definition) is 2. The normalized spacial score (nSPS) is 14.6. The van der Waals surface area contributed by atoms with Crippen LogP contribution in [-0.2, 0) is 4.74 Å². The standard InChI is InChI=1S/C5H2F9NO2/c6-2(7,4(10,11)12)3(8,9)5(13,14)17-1(15)16/h(H2,15,16). The summed E-state index contributed by atoms with van der Waals surface area (Å²) in [6, 6.07) is 0. The number of carbonyl (C=O) groups is 1. The quantitative estimate of drug-likeness (QED) is 0.807. The van der Waals surface area contributed by atoms with Gasteiger partial charge in [0.15, 0.2) is 0 Å². The van der Waals surface area contributed by atoms with Gasteiger partial charge in [0.2, 0.25) is 0 Å². The highest BCUT2D eigenvalue weighted by Gasteiger charge is 2.83. The van der Waals surface area contributed by atoms with Gasteiger partial charge in [-0.2, -0.15) is 39.5 Å². The monoisotopic (exact) mass is 279 g/mol. The van der Waals surface area contributed by atoms with Gasteiger partial charge in [0, 0.05) is 0 Å². The molecule has 0 aromatic heterocycles. The molecule has 0 aliphatic rings. The number of rotatable bonds is 3. The number of ether oxygens (including phenoxy) is 1. The van der Waals surface area contributed by atoms with Crippen LogP contribution in [0.15, 0.2) is 0 Å².